The molecule has 0 aliphatic heterocycles. The third kappa shape index (κ3) is 3.55. The Kier molecular flexibility index (Phi) is 6.33. The number of Topliss-reactive ketones (excluding diaryl/α,β-unsaturated/α-hetero) is 1. The van der Waals surface area contributed by atoms with E-state index in [1.165, 1.54) is 0 Å². The fourth-order valence-corrected chi connectivity index (χ4v) is 2.56. The molecule has 0 heterocycles. The smallest absolute Gasteiger partial charge is 0.319 e. The summed E-state index contributed by atoms with van der Waals surface area (Å²) in [5, 5.41) is 0. The van der Waals surface area contributed by atoms with Gasteiger partial charge in [0.1, 0.15) is 11.2 Å². The van der Waals surface area contributed by atoms with Crippen LogP contribution in [-0.4, -0.2) is 31.6 Å². The van der Waals surface area contributed by atoms with Crippen molar-refractivity contribution in [3.05, 3.63) is 0 Å². The van der Waals surface area contributed by atoms with E-state index in [0.29, 0.717) is 39.1 Å². The SMILES string of the molecule is CCOCCCC1(C(=O)OCC)CCCCC1=O. The average molecular weight is 256 g/mol. The first-order valence-corrected chi connectivity index (χ1v) is 6.95. The number of hydrogen-bond acceptors (Lipinski definition) is 4. The predicted octanol–water partition coefficient (Wildman–Crippen LogP) is 2.50. The molecular weight excluding hydrogens is 232 g/mol. The molecule has 18 heavy (non-hydrogen) atoms. The molecule has 0 saturated heterocycles. The summed E-state index contributed by atoms with van der Waals surface area (Å²) in [6.45, 7) is 5.32. The van der Waals surface area contributed by atoms with Crippen LogP contribution < -0.4 is 0 Å². The second-order valence-electron chi connectivity index (χ2n) is 4.73. The van der Waals surface area contributed by atoms with Gasteiger partial charge in [-0.1, -0.05) is 6.42 Å². The summed E-state index contributed by atoms with van der Waals surface area (Å²) < 4.78 is 10.4. The number of ketones is 1. The maximum atomic E-state index is 12.2. The molecule has 104 valence electrons. The van der Waals surface area contributed by atoms with Gasteiger partial charge in [0.25, 0.3) is 0 Å². The van der Waals surface area contributed by atoms with Crippen LogP contribution in [0.15, 0.2) is 0 Å². The van der Waals surface area contributed by atoms with Gasteiger partial charge in [-0.05, 0) is 39.5 Å². The minimum absolute atomic E-state index is 0.0590. The van der Waals surface area contributed by atoms with Gasteiger partial charge in [-0.2, -0.15) is 0 Å². The second kappa shape index (κ2) is 7.52. The molecule has 1 atom stereocenters. The van der Waals surface area contributed by atoms with E-state index >= 15 is 0 Å². The molecule has 0 bridgehead atoms. The number of esters is 1. The molecule has 0 amide bonds. The molecule has 0 spiro atoms. The number of hydrogen-bond donors (Lipinski definition) is 0. The fraction of sp³-hybridized carbons (Fsp3) is 0.857. The number of ether oxygens (including phenoxy) is 2. The van der Waals surface area contributed by atoms with E-state index in [4.69, 9.17) is 9.47 Å². The zero-order chi connectivity index (χ0) is 13.4. The molecule has 1 rings (SSSR count). The van der Waals surface area contributed by atoms with Crippen molar-refractivity contribution < 1.29 is 19.1 Å². The highest BCUT2D eigenvalue weighted by molar-refractivity contribution is 6.04. The van der Waals surface area contributed by atoms with Crippen molar-refractivity contribution in [3.63, 3.8) is 0 Å². The molecule has 0 radical (unpaired) electrons. The van der Waals surface area contributed by atoms with E-state index in [1.54, 1.807) is 6.92 Å². The number of carbonyl (C=O) groups excluding carboxylic acids is 2. The second-order valence-corrected chi connectivity index (χ2v) is 4.73. The van der Waals surface area contributed by atoms with Crippen LogP contribution in [0.1, 0.15) is 52.4 Å². The van der Waals surface area contributed by atoms with Gasteiger partial charge in [0, 0.05) is 19.6 Å². The largest absolute Gasteiger partial charge is 0.465 e. The van der Waals surface area contributed by atoms with Crippen LogP contribution in [0.3, 0.4) is 0 Å². The van der Waals surface area contributed by atoms with E-state index in [-0.39, 0.29) is 11.8 Å². The van der Waals surface area contributed by atoms with E-state index in [9.17, 15) is 9.59 Å². The van der Waals surface area contributed by atoms with E-state index in [2.05, 4.69) is 0 Å². The molecule has 0 aromatic rings. The summed E-state index contributed by atoms with van der Waals surface area (Å²) in [6.07, 6.45) is 4.26. The molecular formula is C14H24O4. The summed E-state index contributed by atoms with van der Waals surface area (Å²) in [6, 6.07) is 0. The molecule has 0 N–H and O–H groups in total. The Balaban J connectivity index is 2.67. The molecule has 1 fully saturated rings. The Hall–Kier alpha value is -0.900. The van der Waals surface area contributed by atoms with Gasteiger partial charge in [0.15, 0.2) is 0 Å². The first kappa shape index (κ1) is 15.2. The van der Waals surface area contributed by atoms with Gasteiger partial charge in [-0.3, -0.25) is 9.59 Å². The molecule has 1 unspecified atom stereocenters. The highest BCUT2D eigenvalue weighted by Gasteiger charge is 2.47. The third-order valence-electron chi connectivity index (χ3n) is 3.55. The molecule has 0 aromatic carbocycles. The van der Waals surface area contributed by atoms with Crippen LogP contribution >= 0.6 is 0 Å². The van der Waals surface area contributed by atoms with E-state index in [1.807, 2.05) is 6.92 Å². The maximum absolute atomic E-state index is 12.2. The summed E-state index contributed by atoms with van der Waals surface area (Å²) in [7, 11) is 0. The third-order valence-corrected chi connectivity index (χ3v) is 3.55. The zero-order valence-electron chi connectivity index (χ0n) is 11.5. The summed E-state index contributed by atoms with van der Waals surface area (Å²) in [5.41, 5.74) is -0.884. The quantitative estimate of drug-likeness (QED) is 0.399. The molecule has 1 saturated carbocycles. The highest BCUT2D eigenvalue weighted by Crippen LogP contribution is 2.38. The molecule has 4 heteroatoms. The molecule has 0 aromatic heterocycles. The van der Waals surface area contributed by atoms with Gasteiger partial charge in [0.05, 0.1) is 6.61 Å². The molecule has 4 nitrogen and oxygen atoms in total. The van der Waals surface area contributed by atoms with Gasteiger partial charge < -0.3 is 9.47 Å². The minimum Gasteiger partial charge on any atom is -0.465 e. The van der Waals surface area contributed by atoms with Crippen LogP contribution in [0, 0.1) is 5.41 Å². The van der Waals surface area contributed by atoms with Crippen molar-refractivity contribution in [2.45, 2.75) is 52.4 Å². The summed E-state index contributed by atoms with van der Waals surface area (Å²) in [4.78, 5) is 24.3. The normalized spacial score (nSPS) is 24.0. The van der Waals surface area contributed by atoms with Gasteiger partial charge in [-0.25, -0.2) is 0 Å². The average Bonchev–Trinajstić information content (AvgIpc) is 2.37. The van der Waals surface area contributed by atoms with E-state index < -0.39 is 5.41 Å². The van der Waals surface area contributed by atoms with Crippen LogP contribution in [0.4, 0.5) is 0 Å². The van der Waals surface area contributed by atoms with Gasteiger partial charge >= 0.3 is 5.97 Å². The minimum atomic E-state index is -0.884. The summed E-state index contributed by atoms with van der Waals surface area (Å²) >= 11 is 0. The molecule has 1 aliphatic carbocycles. The van der Waals surface area contributed by atoms with Crippen molar-refractivity contribution in [1.29, 1.82) is 0 Å². The number of carbonyl (C=O) groups is 2. The van der Waals surface area contributed by atoms with Crippen molar-refractivity contribution >= 4 is 11.8 Å². The van der Waals surface area contributed by atoms with Crippen molar-refractivity contribution in [1.82, 2.24) is 0 Å². The lowest BCUT2D eigenvalue weighted by Gasteiger charge is -2.33. The van der Waals surface area contributed by atoms with Crippen molar-refractivity contribution in [2.75, 3.05) is 19.8 Å². The van der Waals surface area contributed by atoms with Crippen LogP contribution in [0.5, 0.6) is 0 Å². The zero-order valence-corrected chi connectivity index (χ0v) is 11.5. The Morgan fingerprint density at radius 2 is 2.06 bits per heavy atom. The Morgan fingerprint density at radius 3 is 2.67 bits per heavy atom. The van der Waals surface area contributed by atoms with Crippen LogP contribution in [0.2, 0.25) is 0 Å². The van der Waals surface area contributed by atoms with Crippen molar-refractivity contribution in [2.24, 2.45) is 5.41 Å². The van der Waals surface area contributed by atoms with E-state index in [0.717, 1.165) is 19.3 Å². The Labute approximate surface area is 109 Å². The van der Waals surface area contributed by atoms with Crippen LogP contribution in [-0.2, 0) is 19.1 Å². The lowest BCUT2D eigenvalue weighted by Crippen LogP contribution is -2.43. The molecule has 1 aliphatic rings. The standard InChI is InChI=1S/C14H24O4/c1-3-17-11-7-10-14(13(16)18-4-2)9-6-5-8-12(14)15/h3-11H2,1-2H3. The fourth-order valence-electron chi connectivity index (χ4n) is 2.56. The predicted molar refractivity (Wildman–Crippen MR) is 68.3 cm³/mol. The topological polar surface area (TPSA) is 52.6 Å². The Morgan fingerprint density at radius 1 is 1.28 bits per heavy atom. The highest BCUT2D eigenvalue weighted by atomic mass is 16.5. The maximum Gasteiger partial charge on any atom is 0.319 e. The van der Waals surface area contributed by atoms with Gasteiger partial charge in [-0.15, -0.1) is 0 Å². The lowest BCUT2D eigenvalue weighted by atomic mass is 9.70. The first-order valence-electron chi connectivity index (χ1n) is 6.95. The Bertz CT molecular complexity index is 288. The lowest BCUT2D eigenvalue weighted by molar-refractivity contribution is -0.163. The summed E-state index contributed by atoms with van der Waals surface area (Å²) in [5.74, 6) is -0.269. The first-order chi connectivity index (χ1) is 8.67. The monoisotopic (exact) mass is 256 g/mol. The number of rotatable bonds is 7. The van der Waals surface area contributed by atoms with Crippen LogP contribution in [0.25, 0.3) is 0 Å². The van der Waals surface area contributed by atoms with Gasteiger partial charge in [0.2, 0.25) is 0 Å². The van der Waals surface area contributed by atoms with Crippen molar-refractivity contribution in [3.8, 4) is 0 Å².